The van der Waals surface area contributed by atoms with Gasteiger partial charge in [0, 0.05) is 56.7 Å². The SMILES string of the molecule is CC1=C2c3cc(C4C=Cc5c(c6cc(-c7ccc8c(c7)c7ccccc7n8-c7ccccc7)ccc6n5-c5ccccc5)C4)ccc3OC2CC=C1. The van der Waals surface area contributed by atoms with Gasteiger partial charge in [-0.05, 0) is 114 Å². The van der Waals surface area contributed by atoms with Crippen LogP contribution in [0.15, 0.2) is 163 Å². The summed E-state index contributed by atoms with van der Waals surface area (Å²) in [6, 6.07) is 51.2. The number of nitrogens with zero attached hydrogens (tertiary/aromatic N) is 2. The van der Waals surface area contributed by atoms with Crippen molar-refractivity contribution in [3.8, 4) is 28.3 Å². The first-order valence-electron chi connectivity index (χ1n) is 18.4. The maximum Gasteiger partial charge on any atom is 0.128 e. The fourth-order valence-electron chi connectivity index (χ4n) is 9.10. The highest BCUT2D eigenvalue weighted by molar-refractivity contribution is 6.10. The Morgan fingerprint density at radius 2 is 1.27 bits per heavy atom. The third-order valence-corrected chi connectivity index (χ3v) is 11.5. The Kier molecular flexibility index (Phi) is 6.42. The largest absolute Gasteiger partial charge is 0.485 e. The Labute approximate surface area is 303 Å². The predicted molar refractivity (Wildman–Crippen MR) is 216 cm³/mol. The van der Waals surface area contributed by atoms with E-state index >= 15 is 0 Å². The Bertz CT molecular complexity index is 2830. The molecule has 0 saturated carbocycles. The number of fused-ring (bicyclic) bond motifs is 9. The van der Waals surface area contributed by atoms with Crippen molar-refractivity contribution in [2.45, 2.75) is 31.8 Å². The molecule has 248 valence electrons. The monoisotopic (exact) mass is 668 g/mol. The van der Waals surface area contributed by atoms with Crippen molar-refractivity contribution in [2.24, 2.45) is 0 Å². The maximum atomic E-state index is 6.39. The van der Waals surface area contributed by atoms with Gasteiger partial charge in [-0.15, -0.1) is 0 Å². The van der Waals surface area contributed by atoms with E-state index in [0.29, 0.717) is 0 Å². The molecule has 0 saturated heterocycles. The summed E-state index contributed by atoms with van der Waals surface area (Å²) in [5, 5.41) is 3.86. The minimum atomic E-state index is 0.139. The molecule has 2 atom stereocenters. The van der Waals surface area contributed by atoms with E-state index in [2.05, 4.69) is 180 Å². The molecule has 3 aliphatic rings. The van der Waals surface area contributed by atoms with Crippen molar-refractivity contribution in [3.63, 3.8) is 0 Å². The molecule has 0 bridgehead atoms. The van der Waals surface area contributed by atoms with Crippen LogP contribution in [0.2, 0.25) is 0 Å². The van der Waals surface area contributed by atoms with Gasteiger partial charge < -0.3 is 13.9 Å². The van der Waals surface area contributed by atoms with Gasteiger partial charge >= 0.3 is 0 Å². The Hall–Kier alpha value is -6.32. The number of ether oxygens (including phenoxy) is 1. The van der Waals surface area contributed by atoms with Crippen molar-refractivity contribution in [3.05, 3.63) is 186 Å². The van der Waals surface area contributed by atoms with Gasteiger partial charge in [0.2, 0.25) is 0 Å². The molecule has 2 unspecified atom stereocenters. The number of allylic oxidation sites excluding steroid dienone is 3. The van der Waals surface area contributed by atoms with Crippen LogP contribution in [0.25, 0.3) is 66.9 Å². The third kappa shape index (κ3) is 4.39. The fourth-order valence-corrected chi connectivity index (χ4v) is 9.10. The quantitative estimate of drug-likeness (QED) is 0.183. The molecule has 2 aromatic heterocycles. The first-order chi connectivity index (χ1) is 25.7. The van der Waals surface area contributed by atoms with Crippen LogP contribution in [0.1, 0.15) is 41.6 Å². The normalized spacial score (nSPS) is 17.5. The molecule has 6 aromatic carbocycles. The summed E-state index contributed by atoms with van der Waals surface area (Å²) in [5.74, 6) is 1.29. The fraction of sp³-hybridized carbons (Fsp3) is 0.102. The van der Waals surface area contributed by atoms with Gasteiger partial charge in [-0.1, -0.05) is 91.0 Å². The van der Waals surface area contributed by atoms with Crippen molar-refractivity contribution >= 4 is 44.4 Å². The number of rotatable bonds is 4. The number of hydrogen-bond acceptors (Lipinski definition) is 1. The highest BCUT2D eigenvalue weighted by Crippen LogP contribution is 2.46. The molecule has 0 fully saturated rings. The average molecular weight is 669 g/mol. The molecule has 2 aliphatic carbocycles. The van der Waals surface area contributed by atoms with Crippen LogP contribution in [0, 0.1) is 0 Å². The second-order valence-corrected chi connectivity index (χ2v) is 14.5. The van der Waals surface area contributed by atoms with E-state index in [0.717, 1.165) is 18.6 Å². The zero-order valence-corrected chi connectivity index (χ0v) is 29.0. The van der Waals surface area contributed by atoms with E-state index < -0.39 is 0 Å². The first-order valence-corrected chi connectivity index (χ1v) is 18.4. The summed E-state index contributed by atoms with van der Waals surface area (Å²) in [7, 11) is 0. The van der Waals surface area contributed by atoms with Crippen molar-refractivity contribution in [1.82, 2.24) is 9.13 Å². The van der Waals surface area contributed by atoms with Crippen LogP contribution >= 0.6 is 0 Å². The van der Waals surface area contributed by atoms with E-state index in [-0.39, 0.29) is 12.0 Å². The van der Waals surface area contributed by atoms with Crippen LogP contribution in [0.4, 0.5) is 0 Å². The van der Waals surface area contributed by atoms with Crippen LogP contribution < -0.4 is 4.74 Å². The molecule has 3 heterocycles. The molecule has 0 amide bonds. The van der Waals surface area contributed by atoms with Gasteiger partial charge in [-0.25, -0.2) is 0 Å². The van der Waals surface area contributed by atoms with Gasteiger partial charge in [0.25, 0.3) is 0 Å². The molecule has 0 spiro atoms. The lowest BCUT2D eigenvalue weighted by Gasteiger charge is -2.20. The number of aromatic nitrogens is 2. The Morgan fingerprint density at radius 3 is 2.06 bits per heavy atom. The summed E-state index contributed by atoms with van der Waals surface area (Å²) >= 11 is 0. The minimum Gasteiger partial charge on any atom is -0.485 e. The van der Waals surface area contributed by atoms with Gasteiger partial charge in [-0.2, -0.15) is 0 Å². The molecule has 0 radical (unpaired) electrons. The van der Waals surface area contributed by atoms with Crippen molar-refractivity contribution in [1.29, 1.82) is 0 Å². The molecular formula is C49H36N2O. The predicted octanol–water partition coefficient (Wildman–Crippen LogP) is 12.2. The highest BCUT2D eigenvalue weighted by atomic mass is 16.5. The number of hydrogen-bond donors (Lipinski definition) is 0. The summed E-state index contributed by atoms with van der Waals surface area (Å²) in [6.07, 6.45) is 11.3. The Morgan fingerprint density at radius 1 is 0.596 bits per heavy atom. The lowest BCUT2D eigenvalue weighted by atomic mass is 9.84. The molecule has 11 rings (SSSR count). The maximum absolute atomic E-state index is 6.39. The molecular weight excluding hydrogens is 633 g/mol. The second-order valence-electron chi connectivity index (χ2n) is 14.5. The van der Waals surface area contributed by atoms with Gasteiger partial charge in [-0.3, -0.25) is 0 Å². The second kappa shape index (κ2) is 11.3. The van der Waals surface area contributed by atoms with E-state index in [1.807, 2.05) is 0 Å². The lowest BCUT2D eigenvalue weighted by molar-refractivity contribution is 0.278. The molecule has 52 heavy (non-hydrogen) atoms. The minimum absolute atomic E-state index is 0.139. The third-order valence-electron chi connectivity index (χ3n) is 11.5. The zero-order valence-electron chi connectivity index (χ0n) is 29.0. The average Bonchev–Trinajstić information content (AvgIpc) is 3.85. The highest BCUT2D eigenvalue weighted by Gasteiger charge is 2.32. The summed E-state index contributed by atoms with van der Waals surface area (Å²) in [5.41, 5.74) is 16.5. The smallest absolute Gasteiger partial charge is 0.128 e. The van der Waals surface area contributed by atoms with Crippen LogP contribution in [-0.2, 0) is 6.42 Å². The van der Waals surface area contributed by atoms with E-state index in [1.165, 1.54) is 88.7 Å². The zero-order chi connectivity index (χ0) is 34.3. The van der Waals surface area contributed by atoms with Gasteiger partial charge in [0.1, 0.15) is 11.9 Å². The van der Waals surface area contributed by atoms with Crippen LogP contribution in [0.5, 0.6) is 5.75 Å². The molecule has 8 aromatic rings. The topological polar surface area (TPSA) is 19.1 Å². The van der Waals surface area contributed by atoms with Crippen LogP contribution in [-0.4, -0.2) is 15.2 Å². The summed E-state index contributed by atoms with van der Waals surface area (Å²) in [4.78, 5) is 0. The molecule has 3 heteroatoms. The molecule has 0 N–H and O–H groups in total. The number of benzene rings is 6. The van der Waals surface area contributed by atoms with Crippen molar-refractivity contribution < 1.29 is 4.74 Å². The summed E-state index contributed by atoms with van der Waals surface area (Å²) in [6.45, 7) is 2.21. The van der Waals surface area contributed by atoms with Gasteiger partial charge in [0.15, 0.2) is 0 Å². The summed E-state index contributed by atoms with van der Waals surface area (Å²) < 4.78 is 11.2. The Balaban J connectivity index is 1.05. The molecule has 1 aliphatic heterocycles. The number of para-hydroxylation sites is 3. The van der Waals surface area contributed by atoms with E-state index in [4.69, 9.17) is 4.74 Å². The standard InChI is InChI=1S/C49H36N2O/c1-31-11-10-18-48-49(31)42-30-35(22-26-47(42)52-48)34-21-25-46-41(29-34)40-28-33(20-24-45(40)51(46)37-14-6-3-7-15-37)32-19-23-44-39(27-32)38-16-8-9-17-43(38)50(44)36-12-4-2-5-13-36/h2-17,19-28,30,34,48H,18,29H2,1H3. The van der Waals surface area contributed by atoms with Gasteiger partial charge in [0.05, 0.1) is 16.6 Å². The van der Waals surface area contributed by atoms with Crippen molar-refractivity contribution in [2.75, 3.05) is 0 Å². The lowest BCUT2D eigenvalue weighted by Crippen LogP contribution is -2.13. The van der Waals surface area contributed by atoms with E-state index in [9.17, 15) is 0 Å². The van der Waals surface area contributed by atoms with E-state index in [1.54, 1.807) is 0 Å². The molecule has 3 nitrogen and oxygen atoms in total. The first kappa shape index (κ1) is 29.4. The van der Waals surface area contributed by atoms with Crippen LogP contribution in [0.3, 0.4) is 0 Å².